The molecular formula is C33H36N8O2. The Hall–Kier alpha value is -4.67. The molecule has 1 aliphatic rings. The molecule has 1 saturated heterocycles. The Morgan fingerprint density at radius 2 is 2.02 bits per heavy atom. The van der Waals surface area contributed by atoms with E-state index in [-0.39, 0.29) is 17.6 Å². The molecular weight excluding hydrogens is 540 g/mol. The number of aromatic nitrogens is 5. The van der Waals surface area contributed by atoms with Gasteiger partial charge in [-0.25, -0.2) is 0 Å². The molecule has 0 spiro atoms. The summed E-state index contributed by atoms with van der Waals surface area (Å²) in [7, 11) is 0. The van der Waals surface area contributed by atoms with Crippen molar-refractivity contribution in [2.24, 2.45) is 5.92 Å². The lowest BCUT2D eigenvalue weighted by Crippen LogP contribution is -2.26. The number of anilines is 2. The Bertz CT molecular complexity index is 1800. The SMILES string of the molecule is C=CC(=O)Cc1ccc2c(-c3ccccc3CNc3nc(NC[C@H]4CNC[C@@H]4O)nc4c(C(C)C)cnn34)nccc2c1. The van der Waals surface area contributed by atoms with Crippen molar-refractivity contribution >= 4 is 34.1 Å². The molecule has 6 rings (SSSR count). The van der Waals surface area contributed by atoms with Crippen LogP contribution in [0.4, 0.5) is 11.9 Å². The van der Waals surface area contributed by atoms with Crippen LogP contribution in [0.1, 0.15) is 36.5 Å². The van der Waals surface area contributed by atoms with Crippen molar-refractivity contribution in [2.75, 3.05) is 30.3 Å². The van der Waals surface area contributed by atoms with Crippen LogP contribution < -0.4 is 16.0 Å². The molecule has 4 N–H and O–H groups in total. The van der Waals surface area contributed by atoms with Gasteiger partial charge in [-0.2, -0.15) is 19.6 Å². The lowest BCUT2D eigenvalue weighted by atomic mass is 9.97. The fourth-order valence-corrected chi connectivity index (χ4v) is 5.55. The van der Waals surface area contributed by atoms with Crippen molar-refractivity contribution in [2.45, 2.75) is 38.8 Å². The van der Waals surface area contributed by atoms with E-state index < -0.39 is 6.10 Å². The Balaban J connectivity index is 1.30. The number of fused-ring (bicyclic) bond motifs is 2. The van der Waals surface area contributed by atoms with Gasteiger partial charge in [0.05, 0.1) is 18.0 Å². The second-order valence-electron chi connectivity index (χ2n) is 11.3. The number of nitrogens with one attached hydrogen (secondary N) is 3. The third-order valence-corrected chi connectivity index (χ3v) is 7.99. The predicted octanol–water partition coefficient (Wildman–Crippen LogP) is 4.36. The summed E-state index contributed by atoms with van der Waals surface area (Å²) in [5.74, 6) is 1.38. The highest BCUT2D eigenvalue weighted by molar-refractivity contribution is 5.97. The second kappa shape index (κ2) is 12.3. The van der Waals surface area contributed by atoms with Crippen LogP contribution in [0.3, 0.4) is 0 Å². The minimum Gasteiger partial charge on any atom is -0.391 e. The molecule has 220 valence electrons. The molecule has 43 heavy (non-hydrogen) atoms. The zero-order valence-electron chi connectivity index (χ0n) is 24.4. The second-order valence-corrected chi connectivity index (χ2v) is 11.3. The fourth-order valence-electron chi connectivity index (χ4n) is 5.55. The minimum atomic E-state index is -0.393. The van der Waals surface area contributed by atoms with Crippen LogP contribution in [0.15, 0.2) is 73.6 Å². The first-order valence-corrected chi connectivity index (χ1v) is 14.6. The van der Waals surface area contributed by atoms with Crippen LogP contribution in [-0.2, 0) is 17.8 Å². The van der Waals surface area contributed by atoms with E-state index in [2.05, 4.69) is 53.6 Å². The first-order valence-electron chi connectivity index (χ1n) is 14.6. The van der Waals surface area contributed by atoms with Crippen molar-refractivity contribution in [3.8, 4) is 11.3 Å². The molecule has 1 aliphatic heterocycles. The van der Waals surface area contributed by atoms with Gasteiger partial charge in [-0.3, -0.25) is 9.78 Å². The third-order valence-electron chi connectivity index (χ3n) is 7.99. The van der Waals surface area contributed by atoms with Crippen molar-refractivity contribution in [1.82, 2.24) is 29.9 Å². The maximum atomic E-state index is 11.9. The minimum absolute atomic E-state index is 0.00642. The number of hydrogen-bond acceptors (Lipinski definition) is 9. The van der Waals surface area contributed by atoms with E-state index in [1.165, 1.54) is 6.08 Å². The topological polar surface area (TPSA) is 129 Å². The molecule has 1 fully saturated rings. The van der Waals surface area contributed by atoms with Crippen LogP contribution in [0, 0.1) is 5.92 Å². The number of pyridine rings is 1. The number of rotatable bonds is 11. The fraction of sp³-hybridized carbons (Fsp3) is 0.303. The summed E-state index contributed by atoms with van der Waals surface area (Å²) < 4.78 is 1.75. The summed E-state index contributed by atoms with van der Waals surface area (Å²) in [5, 5.41) is 26.9. The maximum absolute atomic E-state index is 11.9. The quantitative estimate of drug-likeness (QED) is 0.170. The lowest BCUT2D eigenvalue weighted by Gasteiger charge is -2.16. The predicted molar refractivity (Wildman–Crippen MR) is 169 cm³/mol. The summed E-state index contributed by atoms with van der Waals surface area (Å²) in [5.41, 5.74) is 5.65. The van der Waals surface area contributed by atoms with Gasteiger partial charge in [-0.15, -0.1) is 0 Å². The van der Waals surface area contributed by atoms with Gasteiger partial charge in [0.25, 0.3) is 0 Å². The number of carbonyl (C=O) groups excluding carboxylic acids is 1. The monoisotopic (exact) mass is 576 g/mol. The van der Waals surface area contributed by atoms with Gasteiger partial charge >= 0.3 is 0 Å². The van der Waals surface area contributed by atoms with Crippen LogP contribution in [0.5, 0.6) is 0 Å². The molecule has 3 aromatic heterocycles. The number of benzene rings is 2. The summed E-state index contributed by atoms with van der Waals surface area (Å²) in [6.07, 6.45) is 4.95. The highest BCUT2D eigenvalue weighted by Gasteiger charge is 2.25. The highest BCUT2D eigenvalue weighted by atomic mass is 16.3. The normalized spacial score (nSPS) is 16.7. The van der Waals surface area contributed by atoms with Gasteiger partial charge < -0.3 is 21.1 Å². The average molecular weight is 577 g/mol. The van der Waals surface area contributed by atoms with Crippen LogP contribution in [0.2, 0.25) is 0 Å². The average Bonchev–Trinajstić information content (AvgIpc) is 3.64. The first-order chi connectivity index (χ1) is 20.9. The third kappa shape index (κ3) is 5.97. The number of aliphatic hydroxyl groups excluding tert-OH is 1. The summed E-state index contributed by atoms with van der Waals surface area (Å²) >= 11 is 0. The number of hydrogen-bond donors (Lipinski definition) is 4. The van der Waals surface area contributed by atoms with E-state index in [1.807, 2.05) is 42.6 Å². The lowest BCUT2D eigenvalue weighted by molar-refractivity contribution is -0.114. The molecule has 2 atom stereocenters. The Morgan fingerprint density at radius 3 is 2.81 bits per heavy atom. The smallest absolute Gasteiger partial charge is 0.229 e. The zero-order valence-corrected chi connectivity index (χ0v) is 24.4. The maximum Gasteiger partial charge on any atom is 0.229 e. The van der Waals surface area contributed by atoms with Crippen molar-refractivity contribution in [3.63, 3.8) is 0 Å². The van der Waals surface area contributed by atoms with E-state index in [0.29, 0.717) is 38.0 Å². The first kappa shape index (κ1) is 28.4. The van der Waals surface area contributed by atoms with Crippen LogP contribution in [0.25, 0.3) is 27.7 Å². The van der Waals surface area contributed by atoms with Gasteiger partial charge in [0.1, 0.15) is 0 Å². The molecule has 0 saturated carbocycles. The number of aliphatic hydroxyl groups is 1. The van der Waals surface area contributed by atoms with Crippen LogP contribution in [-0.4, -0.2) is 61.2 Å². The van der Waals surface area contributed by atoms with E-state index >= 15 is 0 Å². The summed E-state index contributed by atoms with van der Waals surface area (Å²) in [6, 6.07) is 16.2. The van der Waals surface area contributed by atoms with Gasteiger partial charge in [-0.05, 0) is 34.6 Å². The summed E-state index contributed by atoms with van der Waals surface area (Å²) in [4.78, 5) is 26.3. The van der Waals surface area contributed by atoms with Gasteiger partial charge in [0, 0.05) is 61.2 Å². The molecule has 0 radical (unpaired) electrons. The number of allylic oxidation sites excluding steroid dienone is 1. The van der Waals surface area contributed by atoms with Crippen molar-refractivity contribution in [3.05, 3.63) is 90.3 Å². The highest BCUT2D eigenvalue weighted by Crippen LogP contribution is 2.31. The Morgan fingerprint density at radius 1 is 1.16 bits per heavy atom. The summed E-state index contributed by atoms with van der Waals surface area (Å²) in [6.45, 7) is 10.2. The zero-order chi connectivity index (χ0) is 29.9. The molecule has 2 aromatic carbocycles. The Kier molecular flexibility index (Phi) is 8.13. The Labute approximate surface area is 250 Å². The molecule has 10 heteroatoms. The molecule has 0 aliphatic carbocycles. The molecule has 10 nitrogen and oxygen atoms in total. The van der Waals surface area contributed by atoms with E-state index in [1.54, 1.807) is 10.7 Å². The molecule has 0 bridgehead atoms. The van der Waals surface area contributed by atoms with Gasteiger partial charge in [0.2, 0.25) is 11.9 Å². The largest absolute Gasteiger partial charge is 0.391 e. The van der Waals surface area contributed by atoms with Crippen molar-refractivity contribution in [1.29, 1.82) is 0 Å². The van der Waals surface area contributed by atoms with Crippen molar-refractivity contribution < 1.29 is 9.90 Å². The van der Waals surface area contributed by atoms with Gasteiger partial charge in [-0.1, -0.05) is 62.9 Å². The van der Waals surface area contributed by atoms with E-state index in [4.69, 9.17) is 15.0 Å². The molecule has 0 amide bonds. The standard InChI is InChI=1S/C33H36N8O2/c1-4-25(42)14-21-9-10-27-22(13-21)11-12-35-30(27)26-8-6-5-7-23(26)16-37-33-40-32(36-17-24-15-34-19-29(24)43)39-31-28(20(2)3)18-38-41(31)33/h4-13,18,20,24,29,34,43H,1,14-17,19H2,2-3H3,(H2,36,37,39,40)/t24-,29+/m1/s1. The molecule has 0 unspecified atom stereocenters. The molecule has 4 heterocycles. The number of nitrogens with zero attached hydrogens (tertiary/aromatic N) is 5. The number of carbonyl (C=O) groups is 1. The number of ketones is 1. The number of β-amino-alcohol motifs (C(OH)–C–C–N with tert-alkyl or cyclic N) is 1. The molecule has 5 aromatic rings. The van der Waals surface area contributed by atoms with Gasteiger partial charge in [0.15, 0.2) is 11.4 Å². The van der Waals surface area contributed by atoms with E-state index in [9.17, 15) is 9.90 Å². The van der Waals surface area contributed by atoms with Crippen LogP contribution >= 0.6 is 0 Å². The van der Waals surface area contributed by atoms with E-state index in [0.717, 1.165) is 50.9 Å².